The van der Waals surface area contributed by atoms with Gasteiger partial charge in [0.25, 0.3) is 0 Å². The lowest BCUT2D eigenvalue weighted by Crippen LogP contribution is -2.49. The number of hydrogen-bond acceptors (Lipinski definition) is 7. The molecular weight excluding hydrogens is 276 g/mol. The summed E-state index contributed by atoms with van der Waals surface area (Å²) in [5.74, 6) is 1.73. The highest BCUT2D eigenvalue weighted by molar-refractivity contribution is 8.17. The molecule has 0 aliphatic rings. The normalized spacial score (nSPS) is 18.7. The minimum absolute atomic E-state index is 0.0273. The first kappa shape index (κ1) is 18.5. The van der Waals surface area contributed by atoms with Gasteiger partial charge in [0.15, 0.2) is 0 Å². The van der Waals surface area contributed by atoms with Crippen molar-refractivity contribution in [1.82, 2.24) is 0 Å². The molecule has 5 nitrogen and oxygen atoms in total. The Hall–Kier alpha value is 0.500. The van der Waals surface area contributed by atoms with E-state index in [2.05, 4.69) is 0 Å². The molecule has 0 saturated carbocycles. The molecule has 0 bridgehead atoms. The van der Waals surface area contributed by atoms with Gasteiger partial charge in [0, 0.05) is 7.11 Å². The van der Waals surface area contributed by atoms with Gasteiger partial charge in [-0.25, -0.2) is 0 Å². The lowest BCUT2D eigenvalue weighted by atomic mass is 10.0. The molecule has 0 aliphatic heterocycles. The Labute approximate surface area is 117 Å². The minimum Gasteiger partial charge on any atom is -0.394 e. The van der Waals surface area contributed by atoms with Gasteiger partial charge in [0.05, 0.1) is 11.2 Å². The zero-order valence-corrected chi connectivity index (χ0v) is 12.7. The number of aliphatic hydroxyl groups is 4. The van der Waals surface area contributed by atoms with Crippen molar-refractivity contribution >= 4 is 23.5 Å². The van der Waals surface area contributed by atoms with Gasteiger partial charge in [-0.3, -0.25) is 0 Å². The molecule has 4 N–H and O–H groups in total. The summed E-state index contributed by atoms with van der Waals surface area (Å²) in [6.45, 7) is 3.42. The predicted octanol–water partition coefficient (Wildman–Crippen LogP) is -0.0913. The quantitative estimate of drug-likeness (QED) is 0.419. The van der Waals surface area contributed by atoms with Crippen molar-refractivity contribution in [2.75, 3.05) is 25.2 Å². The monoisotopic (exact) mass is 300 g/mol. The highest BCUT2D eigenvalue weighted by Crippen LogP contribution is 2.30. The second kappa shape index (κ2) is 10.3. The predicted molar refractivity (Wildman–Crippen MR) is 76.0 cm³/mol. The highest BCUT2D eigenvalue weighted by Gasteiger charge is 2.36. The average Bonchev–Trinajstić information content (AvgIpc) is 2.38. The lowest BCUT2D eigenvalue weighted by molar-refractivity contribution is -0.119. The van der Waals surface area contributed by atoms with E-state index < -0.39 is 31.0 Å². The number of ether oxygens (including phenoxy) is 1. The minimum atomic E-state index is -1.42. The van der Waals surface area contributed by atoms with Crippen LogP contribution in [0.25, 0.3) is 0 Å². The van der Waals surface area contributed by atoms with Crippen LogP contribution in [0, 0.1) is 0 Å². The van der Waals surface area contributed by atoms with Gasteiger partial charge in [0.1, 0.15) is 24.4 Å². The van der Waals surface area contributed by atoms with E-state index in [0.29, 0.717) is 0 Å². The van der Waals surface area contributed by atoms with Crippen LogP contribution in [0.2, 0.25) is 0 Å². The van der Waals surface area contributed by atoms with E-state index in [1.165, 1.54) is 7.11 Å². The highest BCUT2D eigenvalue weighted by atomic mass is 32.2. The van der Waals surface area contributed by atoms with E-state index in [1.807, 2.05) is 13.8 Å². The fourth-order valence-corrected chi connectivity index (χ4v) is 4.29. The first-order valence-electron chi connectivity index (χ1n) is 5.94. The van der Waals surface area contributed by atoms with Gasteiger partial charge in [-0.1, -0.05) is 13.8 Å². The lowest BCUT2D eigenvalue weighted by Gasteiger charge is -2.32. The van der Waals surface area contributed by atoms with Crippen molar-refractivity contribution in [2.24, 2.45) is 0 Å². The van der Waals surface area contributed by atoms with Gasteiger partial charge in [-0.15, -0.1) is 23.5 Å². The van der Waals surface area contributed by atoms with Crippen molar-refractivity contribution in [3.63, 3.8) is 0 Å². The molecule has 110 valence electrons. The topological polar surface area (TPSA) is 90.2 Å². The molecule has 0 radical (unpaired) electrons. The van der Waals surface area contributed by atoms with E-state index in [4.69, 9.17) is 9.84 Å². The van der Waals surface area contributed by atoms with Crippen molar-refractivity contribution in [1.29, 1.82) is 0 Å². The van der Waals surface area contributed by atoms with Crippen LogP contribution in [0.4, 0.5) is 0 Å². The molecule has 0 aromatic carbocycles. The molecular formula is C11H24O5S2. The molecule has 0 aliphatic carbocycles. The van der Waals surface area contributed by atoms with E-state index in [-0.39, 0.29) is 4.58 Å². The van der Waals surface area contributed by atoms with Crippen LogP contribution in [0.3, 0.4) is 0 Å². The Morgan fingerprint density at radius 3 is 1.83 bits per heavy atom. The molecule has 0 saturated heterocycles. The van der Waals surface area contributed by atoms with Crippen LogP contribution in [-0.4, -0.2) is 74.6 Å². The second-order valence-electron chi connectivity index (χ2n) is 3.71. The van der Waals surface area contributed by atoms with Crippen LogP contribution >= 0.6 is 23.5 Å². The largest absolute Gasteiger partial charge is 0.394 e. The smallest absolute Gasteiger partial charge is 0.111 e. The SMILES string of the molecule is CCSC(SCC)[C@H](OC)[C@H](O)[C@@H](O)[C@H](O)CO. The molecule has 18 heavy (non-hydrogen) atoms. The van der Waals surface area contributed by atoms with Crippen molar-refractivity contribution in [3.05, 3.63) is 0 Å². The number of methoxy groups -OCH3 is 1. The molecule has 7 heteroatoms. The van der Waals surface area contributed by atoms with Gasteiger partial charge >= 0.3 is 0 Å². The third kappa shape index (κ3) is 5.64. The van der Waals surface area contributed by atoms with Crippen molar-refractivity contribution < 1.29 is 25.2 Å². The van der Waals surface area contributed by atoms with E-state index in [0.717, 1.165) is 11.5 Å². The molecule has 0 aromatic heterocycles. The maximum atomic E-state index is 10.0. The third-order valence-corrected chi connectivity index (χ3v) is 5.15. The Morgan fingerprint density at radius 2 is 1.50 bits per heavy atom. The first-order valence-corrected chi connectivity index (χ1v) is 8.04. The van der Waals surface area contributed by atoms with Gasteiger partial charge in [-0.05, 0) is 11.5 Å². The summed E-state index contributed by atoms with van der Waals surface area (Å²) >= 11 is 3.24. The third-order valence-electron chi connectivity index (χ3n) is 2.47. The van der Waals surface area contributed by atoms with Crippen LogP contribution < -0.4 is 0 Å². The molecule has 0 fully saturated rings. The van der Waals surface area contributed by atoms with Crippen LogP contribution in [0.15, 0.2) is 0 Å². The van der Waals surface area contributed by atoms with Gasteiger partial charge in [0.2, 0.25) is 0 Å². The second-order valence-corrected chi connectivity index (χ2v) is 6.85. The number of aliphatic hydroxyl groups excluding tert-OH is 4. The average molecular weight is 300 g/mol. The van der Waals surface area contributed by atoms with E-state index in [1.54, 1.807) is 23.5 Å². The fraction of sp³-hybridized carbons (Fsp3) is 1.00. The van der Waals surface area contributed by atoms with Crippen molar-refractivity contribution in [2.45, 2.75) is 42.8 Å². The van der Waals surface area contributed by atoms with Crippen LogP contribution in [0.1, 0.15) is 13.8 Å². The van der Waals surface area contributed by atoms with E-state index in [9.17, 15) is 15.3 Å². The summed E-state index contributed by atoms with van der Waals surface area (Å²) in [4.78, 5) is 0. The van der Waals surface area contributed by atoms with Crippen LogP contribution in [0.5, 0.6) is 0 Å². The first-order chi connectivity index (χ1) is 8.53. The van der Waals surface area contributed by atoms with Crippen LogP contribution in [-0.2, 0) is 4.74 Å². The zero-order valence-electron chi connectivity index (χ0n) is 11.0. The Bertz CT molecular complexity index is 202. The zero-order chi connectivity index (χ0) is 14.1. The Kier molecular flexibility index (Phi) is 10.6. The summed E-state index contributed by atoms with van der Waals surface area (Å²) in [5, 5.41) is 37.9. The molecule has 0 spiro atoms. The van der Waals surface area contributed by atoms with Gasteiger partial charge < -0.3 is 25.2 Å². The standard InChI is InChI=1S/C11H24O5S2/c1-4-17-11(18-5-2)10(16-3)9(15)8(14)7(13)6-12/h7-15H,4-6H2,1-3H3/t7-,8+,9-,10-/m1/s1. The summed E-state index contributed by atoms with van der Waals surface area (Å²) in [7, 11) is 1.46. The molecule has 4 atom stereocenters. The Morgan fingerprint density at radius 1 is 1.00 bits per heavy atom. The number of hydrogen-bond donors (Lipinski definition) is 4. The van der Waals surface area contributed by atoms with Crippen molar-refractivity contribution in [3.8, 4) is 0 Å². The summed E-state index contributed by atoms with van der Waals surface area (Å²) in [5.41, 5.74) is 0. The maximum absolute atomic E-state index is 10.0. The summed E-state index contributed by atoms with van der Waals surface area (Å²) < 4.78 is 5.22. The summed E-state index contributed by atoms with van der Waals surface area (Å²) in [6, 6.07) is 0. The molecule has 0 amide bonds. The molecule has 0 unspecified atom stereocenters. The number of rotatable bonds is 10. The summed E-state index contributed by atoms with van der Waals surface area (Å²) in [6.07, 6.45) is -4.62. The fourth-order valence-electron chi connectivity index (χ4n) is 1.51. The molecule has 0 rings (SSSR count). The maximum Gasteiger partial charge on any atom is 0.111 e. The van der Waals surface area contributed by atoms with E-state index >= 15 is 0 Å². The number of thioether (sulfide) groups is 2. The van der Waals surface area contributed by atoms with Gasteiger partial charge in [-0.2, -0.15) is 0 Å². The molecule has 0 heterocycles. The Balaban J connectivity index is 4.69. The molecule has 0 aromatic rings.